The third-order valence-electron chi connectivity index (χ3n) is 3.82. The summed E-state index contributed by atoms with van der Waals surface area (Å²) < 4.78 is 11.7. The van der Waals surface area contributed by atoms with E-state index < -0.39 is 18.5 Å². The van der Waals surface area contributed by atoms with Gasteiger partial charge in [-0.05, 0) is 24.6 Å². The average molecular weight is 388 g/mol. The smallest absolute Gasteiger partial charge is 0.343 e. The predicted molar refractivity (Wildman–Crippen MR) is 98.4 cm³/mol. The van der Waals surface area contributed by atoms with Gasteiger partial charge in [0.2, 0.25) is 0 Å². The van der Waals surface area contributed by atoms with Crippen LogP contribution in [0.5, 0.6) is 0 Å². The van der Waals surface area contributed by atoms with E-state index >= 15 is 0 Å². The number of carbonyl (C=O) groups is 2. The van der Waals surface area contributed by atoms with E-state index in [1.807, 2.05) is 30.3 Å². The third kappa shape index (κ3) is 4.77. The van der Waals surface area contributed by atoms with Crippen LogP contribution < -0.4 is 5.32 Å². The van der Waals surface area contributed by atoms with Crippen LogP contribution in [0.25, 0.3) is 0 Å². The van der Waals surface area contributed by atoms with Crippen molar-refractivity contribution >= 4 is 23.5 Å². The van der Waals surface area contributed by atoms with Crippen molar-refractivity contribution in [2.75, 3.05) is 6.61 Å². The minimum Gasteiger partial charge on any atom is -0.467 e. The Bertz CT molecular complexity index is 920. The molecule has 0 fully saturated rings. The number of hydrogen-bond donors (Lipinski definition) is 1. The summed E-state index contributed by atoms with van der Waals surface area (Å²) >= 11 is 6.31. The van der Waals surface area contributed by atoms with E-state index in [4.69, 9.17) is 20.8 Å². The highest BCUT2D eigenvalue weighted by molar-refractivity contribution is 6.32. The Balaban J connectivity index is 1.58. The molecule has 1 N–H and O–H groups in total. The van der Waals surface area contributed by atoms with Crippen molar-refractivity contribution in [2.24, 2.45) is 0 Å². The molecule has 0 saturated heterocycles. The van der Waals surface area contributed by atoms with Gasteiger partial charge in [0.1, 0.15) is 16.5 Å². The number of rotatable bonds is 7. The molecule has 8 heteroatoms. The fourth-order valence-corrected chi connectivity index (χ4v) is 2.81. The van der Waals surface area contributed by atoms with Crippen LogP contribution >= 0.6 is 11.6 Å². The number of aromatic nitrogens is 2. The number of amides is 1. The quantitative estimate of drug-likeness (QED) is 0.630. The van der Waals surface area contributed by atoms with Crippen molar-refractivity contribution in [1.29, 1.82) is 0 Å². The zero-order valence-corrected chi connectivity index (χ0v) is 15.4. The van der Waals surface area contributed by atoms with Crippen LogP contribution in [0.2, 0.25) is 5.15 Å². The minimum atomic E-state index is -0.690. The normalized spacial score (nSPS) is 10.6. The molecule has 27 heavy (non-hydrogen) atoms. The largest absolute Gasteiger partial charge is 0.467 e. The van der Waals surface area contributed by atoms with Crippen LogP contribution in [-0.2, 0) is 22.6 Å². The van der Waals surface area contributed by atoms with E-state index in [0.717, 1.165) is 5.56 Å². The lowest BCUT2D eigenvalue weighted by atomic mass is 10.2. The van der Waals surface area contributed by atoms with Gasteiger partial charge in [0.05, 0.1) is 25.0 Å². The molecule has 1 aromatic carbocycles. The van der Waals surface area contributed by atoms with Crippen molar-refractivity contribution in [1.82, 2.24) is 15.1 Å². The van der Waals surface area contributed by atoms with Gasteiger partial charge in [0.15, 0.2) is 6.61 Å². The number of halogens is 1. The molecule has 0 unspecified atom stereocenters. The van der Waals surface area contributed by atoms with E-state index in [-0.39, 0.29) is 17.3 Å². The van der Waals surface area contributed by atoms with Gasteiger partial charge in [-0.2, -0.15) is 5.10 Å². The molecule has 0 spiro atoms. The highest BCUT2D eigenvalue weighted by Gasteiger charge is 2.22. The molecule has 1 amide bonds. The van der Waals surface area contributed by atoms with Crippen molar-refractivity contribution in [3.05, 3.63) is 76.5 Å². The first-order valence-corrected chi connectivity index (χ1v) is 8.65. The molecule has 0 atom stereocenters. The molecule has 0 aliphatic rings. The maximum atomic E-state index is 12.3. The van der Waals surface area contributed by atoms with Gasteiger partial charge in [-0.15, -0.1) is 0 Å². The van der Waals surface area contributed by atoms with Crippen molar-refractivity contribution < 1.29 is 18.7 Å². The van der Waals surface area contributed by atoms with Gasteiger partial charge >= 0.3 is 5.97 Å². The first kappa shape index (κ1) is 18.7. The Hall–Kier alpha value is -3.06. The monoisotopic (exact) mass is 387 g/mol. The van der Waals surface area contributed by atoms with Crippen LogP contribution in [-0.4, -0.2) is 28.3 Å². The summed E-state index contributed by atoms with van der Waals surface area (Å²) in [5.74, 6) is -0.522. The number of aryl methyl sites for hydroxylation is 1. The van der Waals surface area contributed by atoms with Crippen LogP contribution in [0, 0.1) is 6.92 Å². The Labute approximate surface area is 160 Å². The molecule has 0 aliphatic heterocycles. The summed E-state index contributed by atoms with van der Waals surface area (Å²) in [6.07, 6.45) is 1.51. The minimum absolute atomic E-state index is 0.159. The lowest BCUT2D eigenvalue weighted by Crippen LogP contribution is -2.28. The van der Waals surface area contributed by atoms with Crippen LogP contribution in [0.1, 0.15) is 27.4 Å². The van der Waals surface area contributed by atoms with Gasteiger partial charge in [-0.3, -0.25) is 4.79 Å². The summed E-state index contributed by atoms with van der Waals surface area (Å²) in [6, 6.07) is 13.1. The number of hydrogen-bond acceptors (Lipinski definition) is 5. The summed E-state index contributed by atoms with van der Waals surface area (Å²) in [7, 11) is 0. The zero-order valence-electron chi connectivity index (χ0n) is 14.6. The molecule has 140 valence electrons. The van der Waals surface area contributed by atoms with E-state index in [0.29, 0.717) is 18.0 Å². The third-order valence-corrected chi connectivity index (χ3v) is 4.20. The second kappa shape index (κ2) is 8.55. The molecule has 0 radical (unpaired) electrons. The molecule has 0 aliphatic carbocycles. The first-order chi connectivity index (χ1) is 13.0. The second-order valence-corrected chi connectivity index (χ2v) is 6.18. The maximum absolute atomic E-state index is 12.3. The molecule has 2 aromatic heterocycles. The first-order valence-electron chi connectivity index (χ1n) is 8.27. The molecular formula is C19H18ClN3O4. The van der Waals surface area contributed by atoms with E-state index in [2.05, 4.69) is 10.4 Å². The number of nitrogens with one attached hydrogen (secondary N) is 1. The summed E-state index contributed by atoms with van der Waals surface area (Å²) in [6.45, 7) is 1.90. The predicted octanol–water partition coefficient (Wildman–Crippen LogP) is 2.96. The standard InChI is InChI=1S/C19H18ClN3O4/c1-13-17(18(20)23(22-13)11-14-6-3-2-4-7-14)19(25)27-12-16(24)21-10-15-8-5-9-26-15/h2-9H,10-12H2,1H3,(H,21,24). The SMILES string of the molecule is Cc1nn(Cc2ccccc2)c(Cl)c1C(=O)OCC(=O)NCc1ccco1. The van der Waals surface area contributed by atoms with Crippen LogP contribution in [0.3, 0.4) is 0 Å². The number of benzene rings is 1. The molecular weight excluding hydrogens is 370 g/mol. The van der Waals surface area contributed by atoms with Gasteiger partial charge in [-0.1, -0.05) is 41.9 Å². The lowest BCUT2D eigenvalue weighted by molar-refractivity contribution is -0.124. The maximum Gasteiger partial charge on any atom is 0.343 e. The summed E-state index contributed by atoms with van der Waals surface area (Å²) in [5, 5.41) is 7.07. The fourth-order valence-electron chi connectivity index (χ4n) is 2.50. The van der Waals surface area contributed by atoms with Crippen molar-refractivity contribution in [2.45, 2.75) is 20.0 Å². The van der Waals surface area contributed by atoms with Crippen LogP contribution in [0.4, 0.5) is 0 Å². The van der Waals surface area contributed by atoms with Crippen molar-refractivity contribution in [3.63, 3.8) is 0 Å². The number of esters is 1. The van der Waals surface area contributed by atoms with E-state index in [1.165, 1.54) is 10.9 Å². The Kier molecular flexibility index (Phi) is 5.93. The van der Waals surface area contributed by atoms with Gasteiger partial charge < -0.3 is 14.5 Å². The number of carbonyl (C=O) groups excluding carboxylic acids is 2. The molecule has 0 bridgehead atoms. The van der Waals surface area contributed by atoms with Gasteiger partial charge in [0, 0.05) is 0 Å². The second-order valence-electron chi connectivity index (χ2n) is 5.83. The average Bonchev–Trinajstić information content (AvgIpc) is 3.27. The van der Waals surface area contributed by atoms with Crippen LogP contribution in [0.15, 0.2) is 53.1 Å². The Morgan fingerprint density at radius 3 is 2.70 bits per heavy atom. The van der Waals surface area contributed by atoms with E-state index in [9.17, 15) is 9.59 Å². The number of furan rings is 1. The highest BCUT2D eigenvalue weighted by atomic mass is 35.5. The summed E-state index contributed by atoms with van der Waals surface area (Å²) in [5.41, 5.74) is 1.60. The highest BCUT2D eigenvalue weighted by Crippen LogP contribution is 2.21. The number of ether oxygens (including phenoxy) is 1. The van der Waals surface area contributed by atoms with E-state index in [1.54, 1.807) is 19.1 Å². The summed E-state index contributed by atoms with van der Waals surface area (Å²) in [4.78, 5) is 24.1. The fraction of sp³-hybridized carbons (Fsp3) is 0.211. The lowest BCUT2D eigenvalue weighted by Gasteiger charge is -2.06. The molecule has 7 nitrogen and oxygen atoms in total. The number of nitrogens with zero attached hydrogens (tertiary/aromatic N) is 2. The molecule has 3 aromatic rings. The van der Waals surface area contributed by atoms with Gasteiger partial charge in [0.25, 0.3) is 5.91 Å². The molecule has 0 saturated carbocycles. The Morgan fingerprint density at radius 1 is 1.22 bits per heavy atom. The van der Waals surface area contributed by atoms with Crippen molar-refractivity contribution in [3.8, 4) is 0 Å². The zero-order chi connectivity index (χ0) is 19.2. The molecule has 3 rings (SSSR count). The Morgan fingerprint density at radius 2 is 2.00 bits per heavy atom. The van der Waals surface area contributed by atoms with Gasteiger partial charge in [-0.25, -0.2) is 9.48 Å². The molecule has 2 heterocycles. The topological polar surface area (TPSA) is 86.4 Å².